The second kappa shape index (κ2) is 6.22. The molecule has 1 fully saturated rings. The molecule has 1 aromatic rings. The average molecular weight is 254 g/mol. The quantitative estimate of drug-likeness (QED) is 0.818. The molecule has 1 aromatic heterocycles. The van der Waals surface area contributed by atoms with Crippen LogP contribution in [0.5, 0.6) is 0 Å². The Morgan fingerprint density at radius 2 is 2.47 bits per heavy atom. The van der Waals surface area contributed by atoms with Crippen molar-refractivity contribution >= 4 is 17.4 Å². The predicted octanol–water partition coefficient (Wildman–Crippen LogP) is 2.70. The first kappa shape index (κ1) is 12.7. The van der Waals surface area contributed by atoms with Gasteiger partial charge in [0.2, 0.25) is 0 Å². The summed E-state index contributed by atoms with van der Waals surface area (Å²) in [4.78, 5) is 6.74. The second-order valence-electron chi connectivity index (χ2n) is 4.50. The molecule has 0 spiro atoms. The van der Waals surface area contributed by atoms with Gasteiger partial charge in [-0.2, -0.15) is 0 Å². The summed E-state index contributed by atoms with van der Waals surface area (Å²) in [5.74, 6) is 0.940. The SMILES string of the molecule is CCCNCC1CCCN1c1ncccc1Cl. The number of anilines is 1. The van der Waals surface area contributed by atoms with Gasteiger partial charge in [0.25, 0.3) is 0 Å². The third-order valence-electron chi connectivity index (χ3n) is 3.19. The lowest BCUT2D eigenvalue weighted by Crippen LogP contribution is -2.38. The summed E-state index contributed by atoms with van der Waals surface area (Å²) < 4.78 is 0. The Labute approximate surface area is 108 Å². The van der Waals surface area contributed by atoms with Gasteiger partial charge in [-0.25, -0.2) is 4.98 Å². The summed E-state index contributed by atoms with van der Waals surface area (Å²) >= 11 is 6.21. The maximum Gasteiger partial charge on any atom is 0.147 e. The van der Waals surface area contributed by atoms with Crippen LogP contribution in [0.3, 0.4) is 0 Å². The highest BCUT2D eigenvalue weighted by Crippen LogP contribution is 2.29. The number of halogens is 1. The second-order valence-corrected chi connectivity index (χ2v) is 4.91. The molecule has 3 nitrogen and oxygen atoms in total. The van der Waals surface area contributed by atoms with E-state index < -0.39 is 0 Å². The molecule has 4 heteroatoms. The van der Waals surface area contributed by atoms with Crippen molar-refractivity contribution in [2.24, 2.45) is 0 Å². The van der Waals surface area contributed by atoms with Gasteiger partial charge < -0.3 is 10.2 Å². The van der Waals surface area contributed by atoms with Gasteiger partial charge in [0.15, 0.2) is 0 Å². The van der Waals surface area contributed by atoms with Crippen LogP contribution < -0.4 is 10.2 Å². The van der Waals surface area contributed by atoms with Gasteiger partial charge in [-0.1, -0.05) is 18.5 Å². The summed E-state index contributed by atoms with van der Waals surface area (Å²) in [6.07, 6.45) is 5.45. The molecule has 1 saturated heterocycles. The lowest BCUT2D eigenvalue weighted by molar-refractivity contribution is 0.568. The zero-order chi connectivity index (χ0) is 12.1. The van der Waals surface area contributed by atoms with E-state index in [2.05, 4.69) is 22.1 Å². The van der Waals surface area contributed by atoms with Crippen LogP contribution in [0, 0.1) is 0 Å². The van der Waals surface area contributed by atoms with Gasteiger partial charge in [-0.05, 0) is 37.9 Å². The summed E-state index contributed by atoms with van der Waals surface area (Å²) in [7, 11) is 0. The molecule has 1 unspecified atom stereocenters. The van der Waals surface area contributed by atoms with E-state index in [9.17, 15) is 0 Å². The Bertz CT molecular complexity index is 356. The average Bonchev–Trinajstić information content (AvgIpc) is 2.78. The largest absolute Gasteiger partial charge is 0.351 e. The Morgan fingerprint density at radius 1 is 1.59 bits per heavy atom. The standard InChI is InChI=1S/C13H20ClN3/c1-2-7-15-10-11-5-4-9-17(11)13-12(14)6-3-8-16-13/h3,6,8,11,15H,2,4-5,7,9-10H2,1H3. The van der Waals surface area contributed by atoms with Crippen LogP contribution in [0.4, 0.5) is 5.82 Å². The summed E-state index contributed by atoms with van der Waals surface area (Å²) in [5, 5.41) is 4.24. The normalized spacial score (nSPS) is 19.9. The van der Waals surface area contributed by atoms with Crippen molar-refractivity contribution in [3.05, 3.63) is 23.4 Å². The molecule has 1 N–H and O–H groups in total. The zero-order valence-corrected chi connectivity index (χ0v) is 11.1. The fourth-order valence-corrected chi connectivity index (χ4v) is 2.59. The molecule has 0 aromatic carbocycles. The number of pyridine rings is 1. The van der Waals surface area contributed by atoms with E-state index in [0.717, 1.165) is 30.5 Å². The smallest absolute Gasteiger partial charge is 0.147 e. The van der Waals surface area contributed by atoms with Crippen molar-refractivity contribution in [2.75, 3.05) is 24.5 Å². The van der Waals surface area contributed by atoms with E-state index >= 15 is 0 Å². The van der Waals surface area contributed by atoms with E-state index in [0.29, 0.717) is 6.04 Å². The molecule has 0 radical (unpaired) electrons. The van der Waals surface area contributed by atoms with Gasteiger partial charge in [0.05, 0.1) is 5.02 Å². The summed E-state index contributed by atoms with van der Waals surface area (Å²) in [6, 6.07) is 4.33. The minimum atomic E-state index is 0.536. The van der Waals surface area contributed by atoms with Gasteiger partial charge in [0, 0.05) is 25.3 Å². The molecule has 94 valence electrons. The number of hydrogen-bond acceptors (Lipinski definition) is 3. The van der Waals surface area contributed by atoms with Gasteiger partial charge in [0.1, 0.15) is 5.82 Å². The molecule has 0 saturated carbocycles. The highest BCUT2D eigenvalue weighted by Gasteiger charge is 2.26. The summed E-state index contributed by atoms with van der Waals surface area (Å²) in [6.45, 7) is 5.37. The molecule has 1 aliphatic rings. The van der Waals surface area contributed by atoms with Crippen molar-refractivity contribution in [1.29, 1.82) is 0 Å². The van der Waals surface area contributed by atoms with Gasteiger partial charge in [-0.3, -0.25) is 0 Å². The van der Waals surface area contributed by atoms with E-state index in [1.54, 1.807) is 0 Å². The number of nitrogens with zero attached hydrogens (tertiary/aromatic N) is 2. The molecule has 2 heterocycles. The fourth-order valence-electron chi connectivity index (χ4n) is 2.36. The maximum absolute atomic E-state index is 6.21. The van der Waals surface area contributed by atoms with Gasteiger partial charge in [-0.15, -0.1) is 0 Å². The molecule has 2 rings (SSSR count). The van der Waals surface area contributed by atoms with Crippen molar-refractivity contribution in [3.8, 4) is 0 Å². The minimum absolute atomic E-state index is 0.536. The highest BCUT2D eigenvalue weighted by atomic mass is 35.5. The molecule has 1 atom stereocenters. The molecular formula is C13H20ClN3. The van der Waals surface area contributed by atoms with Crippen molar-refractivity contribution < 1.29 is 0 Å². The number of aromatic nitrogens is 1. The lowest BCUT2D eigenvalue weighted by atomic mass is 10.2. The number of rotatable bonds is 5. The van der Waals surface area contributed by atoms with Gasteiger partial charge >= 0.3 is 0 Å². The Balaban J connectivity index is 2.02. The predicted molar refractivity (Wildman–Crippen MR) is 72.8 cm³/mol. The van der Waals surface area contributed by atoms with Crippen LogP contribution in [-0.4, -0.2) is 30.7 Å². The first-order valence-electron chi connectivity index (χ1n) is 6.40. The third kappa shape index (κ3) is 3.11. The fraction of sp³-hybridized carbons (Fsp3) is 0.615. The first-order chi connectivity index (χ1) is 8.33. The Hall–Kier alpha value is -0.800. The minimum Gasteiger partial charge on any atom is -0.351 e. The molecule has 1 aliphatic heterocycles. The van der Waals surface area contributed by atoms with Crippen LogP contribution in [-0.2, 0) is 0 Å². The molecule has 17 heavy (non-hydrogen) atoms. The van der Waals surface area contributed by atoms with Crippen LogP contribution >= 0.6 is 11.6 Å². The van der Waals surface area contributed by atoms with Crippen molar-refractivity contribution in [3.63, 3.8) is 0 Å². The molecule has 0 bridgehead atoms. The van der Waals surface area contributed by atoms with Crippen molar-refractivity contribution in [2.45, 2.75) is 32.2 Å². The van der Waals surface area contributed by atoms with Crippen LogP contribution in [0.2, 0.25) is 5.02 Å². The lowest BCUT2D eigenvalue weighted by Gasteiger charge is -2.26. The van der Waals surface area contributed by atoms with E-state index in [-0.39, 0.29) is 0 Å². The monoisotopic (exact) mass is 253 g/mol. The molecule has 0 amide bonds. The third-order valence-corrected chi connectivity index (χ3v) is 3.49. The number of nitrogens with one attached hydrogen (secondary N) is 1. The van der Waals surface area contributed by atoms with Crippen LogP contribution in [0.1, 0.15) is 26.2 Å². The van der Waals surface area contributed by atoms with Crippen molar-refractivity contribution in [1.82, 2.24) is 10.3 Å². The number of hydrogen-bond donors (Lipinski definition) is 1. The Morgan fingerprint density at radius 3 is 3.24 bits per heavy atom. The maximum atomic E-state index is 6.21. The zero-order valence-electron chi connectivity index (χ0n) is 10.3. The molecule has 0 aliphatic carbocycles. The topological polar surface area (TPSA) is 28.2 Å². The van der Waals surface area contributed by atoms with Crippen LogP contribution in [0.15, 0.2) is 18.3 Å². The Kier molecular flexibility index (Phi) is 4.63. The van der Waals surface area contributed by atoms with E-state index in [1.165, 1.54) is 19.3 Å². The summed E-state index contributed by atoms with van der Waals surface area (Å²) in [5.41, 5.74) is 0. The van der Waals surface area contributed by atoms with E-state index in [4.69, 9.17) is 11.6 Å². The van der Waals surface area contributed by atoms with Crippen LogP contribution in [0.25, 0.3) is 0 Å². The first-order valence-corrected chi connectivity index (χ1v) is 6.78. The highest BCUT2D eigenvalue weighted by molar-refractivity contribution is 6.32. The molecular weight excluding hydrogens is 234 g/mol. The van der Waals surface area contributed by atoms with E-state index in [1.807, 2.05) is 18.3 Å².